The van der Waals surface area contributed by atoms with Gasteiger partial charge in [-0.25, -0.2) is 0 Å². The van der Waals surface area contributed by atoms with Gasteiger partial charge in [0.05, 0.1) is 20.8 Å². The Morgan fingerprint density at radius 2 is 1.73 bits per heavy atom. The summed E-state index contributed by atoms with van der Waals surface area (Å²) in [6, 6.07) is 16.4. The lowest BCUT2D eigenvalue weighted by Gasteiger charge is -2.33. The predicted molar refractivity (Wildman–Crippen MR) is 134 cm³/mol. The highest BCUT2D eigenvalue weighted by atomic mass is 127. The van der Waals surface area contributed by atoms with E-state index < -0.39 is 0 Å². The van der Waals surface area contributed by atoms with E-state index in [9.17, 15) is 0 Å². The number of methoxy groups -OCH3 is 2. The first-order valence-electron chi connectivity index (χ1n) is 10.2. The van der Waals surface area contributed by atoms with Gasteiger partial charge >= 0.3 is 0 Å². The highest BCUT2D eigenvalue weighted by molar-refractivity contribution is 14.0. The van der Waals surface area contributed by atoms with Crippen LogP contribution in [-0.4, -0.2) is 32.3 Å². The summed E-state index contributed by atoms with van der Waals surface area (Å²) in [5, 5.41) is 6.99. The van der Waals surface area contributed by atoms with Crippen molar-refractivity contribution in [3.8, 4) is 11.5 Å². The van der Waals surface area contributed by atoms with E-state index >= 15 is 0 Å². The topological polar surface area (TPSA) is 80.9 Å². The molecule has 1 fully saturated rings. The number of nitrogens with two attached hydrogens (primary N) is 1. The Balaban J connectivity index is 0.00000320. The lowest BCUT2D eigenvalue weighted by Crippen LogP contribution is -2.47. The molecule has 7 heteroatoms. The van der Waals surface area contributed by atoms with Crippen LogP contribution in [0.2, 0.25) is 0 Å². The van der Waals surface area contributed by atoms with Crippen LogP contribution in [0.4, 0.5) is 5.69 Å². The monoisotopic (exact) mass is 524 g/mol. The SMILES string of the molecule is COc1ccc(NC(N)=NCC2(NC(C)c3ccccc3)CCCC2)cc1OC.I. The number of guanidine groups is 1. The summed E-state index contributed by atoms with van der Waals surface area (Å²) in [4.78, 5) is 4.67. The van der Waals surface area contributed by atoms with Gasteiger partial charge in [0.15, 0.2) is 17.5 Å². The van der Waals surface area contributed by atoms with Crippen molar-refractivity contribution in [2.45, 2.75) is 44.2 Å². The normalized spacial score (nSPS) is 16.4. The quantitative estimate of drug-likeness (QED) is 0.265. The van der Waals surface area contributed by atoms with E-state index in [-0.39, 0.29) is 35.6 Å². The van der Waals surface area contributed by atoms with E-state index in [0.29, 0.717) is 24.0 Å². The van der Waals surface area contributed by atoms with E-state index in [0.717, 1.165) is 18.5 Å². The van der Waals surface area contributed by atoms with Crippen molar-refractivity contribution in [2.24, 2.45) is 10.7 Å². The zero-order valence-electron chi connectivity index (χ0n) is 18.0. The number of hydrogen-bond donors (Lipinski definition) is 3. The second-order valence-corrected chi connectivity index (χ2v) is 7.66. The van der Waals surface area contributed by atoms with Crippen molar-refractivity contribution in [1.29, 1.82) is 0 Å². The summed E-state index contributed by atoms with van der Waals surface area (Å²) in [7, 11) is 3.23. The third-order valence-corrected chi connectivity index (χ3v) is 5.59. The number of anilines is 1. The average Bonchev–Trinajstić information content (AvgIpc) is 3.21. The Kier molecular flexibility index (Phi) is 9.23. The number of halogens is 1. The standard InChI is InChI=1S/C23H32N4O2.HI/c1-17(18-9-5-4-6-10-18)27-23(13-7-8-14-23)16-25-22(24)26-19-11-12-20(28-2)21(15-19)29-3;/h4-6,9-12,15,17,27H,7-8,13-14,16H2,1-3H3,(H3,24,25,26);1H. The molecule has 30 heavy (non-hydrogen) atoms. The summed E-state index contributed by atoms with van der Waals surface area (Å²) >= 11 is 0. The number of aliphatic imine (C=N–C) groups is 1. The largest absolute Gasteiger partial charge is 0.493 e. The molecular formula is C23H33IN4O2. The molecule has 2 aromatic rings. The summed E-state index contributed by atoms with van der Waals surface area (Å²) in [5.41, 5.74) is 8.28. The second kappa shape index (κ2) is 11.4. The zero-order chi connectivity index (χ0) is 20.7. The van der Waals surface area contributed by atoms with E-state index in [1.165, 1.54) is 18.4 Å². The van der Waals surface area contributed by atoms with Gasteiger partial charge in [-0.05, 0) is 37.5 Å². The molecule has 1 aliphatic carbocycles. The van der Waals surface area contributed by atoms with Gasteiger partial charge in [-0.2, -0.15) is 0 Å². The molecule has 0 spiro atoms. The Morgan fingerprint density at radius 1 is 1.07 bits per heavy atom. The number of ether oxygens (including phenoxy) is 2. The first kappa shape index (κ1) is 24.3. The van der Waals surface area contributed by atoms with E-state index in [1.54, 1.807) is 14.2 Å². The van der Waals surface area contributed by atoms with E-state index in [2.05, 4.69) is 46.8 Å². The maximum Gasteiger partial charge on any atom is 0.193 e. The smallest absolute Gasteiger partial charge is 0.193 e. The van der Waals surface area contributed by atoms with Crippen molar-refractivity contribution >= 4 is 35.6 Å². The number of rotatable bonds is 8. The molecule has 164 valence electrons. The Bertz CT molecular complexity index is 823. The van der Waals surface area contributed by atoms with Crippen LogP contribution in [0.1, 0.15) is 44.2 Å². The molecule has 0 radical (unpaired) electrons. The van der Waals surface area contributed by atoms with Gasteiger partial charge in [0.2, 0.25) is 0 Å². The first-order valence-corrected chi connectivity index (χ1v) is 10.2. The van der Waals surface area contributed by atoms with Crippen molar-refractivity contribution < 1.29 is 9.47 Å². The first-order chi connectivity index (χ1) is 14.0. The molecule has 1 unspecified atom stereocenters. The second-order valence-electron chi connectivity index (χ2n) is 7.66. The minimum atomic E-state index is -0.0147. The minimum Gasteiger partial charge on any atom is -0.493 e. The molecule has 0 bridgehead atoms. The van der Waals surface area contributed by atoms with Crippen molar-refractivity contribution in [3.63, 3.8) is 0 Å². The fraction of sp³-hybridized carbons (Fsp3) is 0.435. The molecule has 4 N–H and O–H groups in total. The van der Waals surface area contributed by atoms with Gasteiger partial charge in [-0.1, -0.05) is 43.2 Å². The van der Waals surface area contributed by atoms with E-state index in [4.69, 9.17) is 15.2 Å². The van der Waals surface area contributed by atoms with Crippen molar-refractivity contribution in [2.75, 3.05) is 26.1 Å². The molecule has 0 heterocycles. The lowest BCUT2D eigenvalue weighted by atomic mass is 9.95. The van der Waals surface area contributed by atoms with Gasteiger partial charge in [0.1, 0.15) is 0 Å². The zero-order valence-corrected chi connectivity index (χ0v) is 20.3. The molecule has 0 saturated heterocycles. The van der Waals surface area contributed by atoms with Gasteiger partial charge in [-0.15, -0.1) is 24.0 Å². The Labute approximate surface area is 196 Å². The van der Waals surface area contributed by atoms with Gasteiger partial charge in [-0.3, -0.25) is 4.99 Å². The Hall–Kier alpha value is -2.00. The molecule has 0 aromatic heterocycles. The highest BCUT2D eigenvalue weighted by Gasteiger charge is 2.34. The van der Waals surface area contributed by atoms with Crippen LogP contribution < -0.4 is 25.8 Å². The number of hydrogen-bond acceptors (Lipinski definition) is 4. The van der Waals surface area contributed by atoms with Crippen LogP contribution in [0, 0.1) is 0 Å². The maximum atomic E-state index is 6.19. The van der Waals surface area contributed by atoms with Crippen LogP contribution in [0.25, 0.3) is 0 Å². The predicted octanol–water partition coefficient (Wildman–Crippen LogP) is 4.71. The molecule has 1 aliphatic rings. The third kappa shape index (κ3) is 6.25. The molecule has 2 aromatic carbocycles. The Morgan fingerprint density at radius 3 is 2.37 bits per heavy atom. The molecule has 1 saturated carbocycles. The third-order valence-electron chi connectivity index (χ3n) is 5.59. The molecule has 0 amide bonds. The van der Waals surface area contributed by atoms with Crippen LogP contribution in [0.15, 0.2) is 53.5 Å². The van der Waals surface area contributed by atoms with Crippen LogP contribution in [0.5, 0.6) is 11.5 Å². The highest BCUT2D eigenvalue weighted by Crippen LogP contribution is 2.33. The summed E-state index contributed by atoms with van der Waals surface area (Å²) in [5.74, 6) is 1.73. The molecule has 1 atom stereocenters. The van der Waals surface area contributed by atoms with Crippen molar-refractivity contribution in [1.82, 2.24) is 5.32 Å². The molecule has 6 nitrogen and oxygen atoms in total. The van der Waals surface area contributed by atoms with Gasteiger partial charge in [0.25, 0.3) is 0 Å². The minimum absolute atomic E-state index is 0. The van der Waals surface area contributed by atoms with E-state index in [1.807, 2.05) is 24.3 Å². The van der Waals surface area contributed by atoms with Gasteiger partial charge < -0.3 is 25.8 Å². The molecule has 0 aliphatic heterocycles. The van der Waals surface area contributed by atoms with Crippen LogP contribution >= 0.6 is 24.0 Å². The summed E-state index contributed by atoms with van der Waals surface area (Å²) < 4.78 is 10.6. The lowest BCUT2D eigenvalue weighted by molar-refractivity contribution is 0.308. The maximum absolute atomic E-state index is 6.19. The molecule has 3 rings (SSSR count). The fourth-order valence-corrected chi connectivity index (χ4v) is 4.02. The number of benzene rings is 2. The fourth-order valence-electron chi connectivity index (χ4n) is 4.02. The molecular weight excluding hydrogens is 491 g/mol. The average molecular weight is 524 g/mol. The van der Waals surface area contributed by atoms with Crippen molar-refractivity contribution in [3.05, 3.63) is 54.1 Å². The van der Waals surface area contributed by atoms with Crippen LogP contribution in [0.3, 0.4) is 0 Å². The van der Waals surface area contributed by atoms with Gasteiger partial charge in [0, 0.05) is 23.3 Å². The van der Waals surface area contributed by atoms with Crippen LogP contribution in [-0.2, 0) is 0 Å². The summed E-state index contributed by atoms with van der Waals surface area (Å²) in [6.07, 6.45) is 4.65. The number of nitrogens with zero attached hydrogens (tertiary/aromatic N) is 1. The number of nitrogens with one attached hydrogen (secondary N) is 2. The summed E-state index contributed by atoms with van der Waals surface area (Å²) in [6.45, 7) is 2.86.